The molecule has 0 atom stereocenters. The third kappa shape index (κ3) is 4.95. The molecule has 1 aliphatic carbocycles. The molecule has 7 nitrogen and oxygen atoms in total. The van der Waals surface area contributed by atoms with Crippen molar-refractivity contribution in [3.8, 4) is 0 Å². The quantitative estimate of drug-likeness (QED) is 0.616. The molecule has 1 saturated carbocycles. The fraction of sp³-hybridized carbons (Fsp3) is 0.667. The zero-order valence-corrected chi connectivity index (χ0v) is 19.3. The molecule has 164 valence electrons. The highest BCUT2D eigenvalue weighted by molar-refractivity contribution is 7.71. The van der Waals surface area contributed by atoms with Crippen LogP contribution in [0.3, 0.4) is 0 Å². The van der Waals surface area contributed by atoms with Crippen LogP contribution in [-0.4, -0.2) is 63.0 Å². The zero-order valence-electron chi connectivity index (χ0n) is 17.7. The first-order valence-corrected chi connectivity index (χ1v) is 12.3. The van der Waals surface area contributed by atoms with E-state index in [1.165, 1.54) is 37.0 Å². The van der Waals surface area contributed by atoms with Gasteiger partial charge >= 0.3 is 6.09 Å². The molecule has 0 radical (unpaired) electrons. The molecule has 2 aromatic rings. The van der Waals surface area contributed by atoms with Gasteiger partial charge in [0.1, 0.15) is 5.82 Å². The van der Waals surface area contributed by atoms with Crippen LogP contribution in [0.1, 0.15) is 55.8 Å². The van der Waals surface area contributed by atoms with Crippen LogP contribution in [0.5, 0.6) is 0 Å². The first-order valence-electron chi connectivity index (χ1n) is 11.0. The Bertz CT molecular complexity index is 878. The number of piperazine rings is 1. The van der Waals surface area contributed by atoms with Gasteiger partial charge < -0.3 is 14.2 Å². The minimum Gasteiger partial charge on any atom is -0.450 e. The lowest BCUT2D eigenvalue weighted by Crippen LogP contribution is -2.49. The summed E-state index contributed by atoms with van der Waals surface area (Å²) in [6.45, 7) is 5.89. The summed E-state index contributed by atoms with van der Waals surface area (Å²) in [5, 5.41) is 7.09. The lowest BCUT2D eigenvalue weighted by molar-refractivity contribution is 0.0690. The second-order valence-corrected chi connectivity index (χ2v) is 9.46. The Kier molecular flexibility index (Phi) is 7.22. The molecule has 2 aromatic heterocycles. The Morgan fingerprint density at radius 2 is 2.00 bits per heavy atom. The van der Waals surface area contributed by atoms with Gasteiger partial charge in [0.2, 0.25) is 0 Å². The first-order chi connectivity index (χ1) is 14.7. The smallest absolute Gasteiger partial charge is 0.409 e. The molecule has 9 heteroatoms. The van der Waals surface area contributed by atoms with Crippen LogP contribution in [0.4, 0.5) is 4.79 Å². The highest BCUT2D eigenvalue weighted by Gasteiger charge is 2.25. The average Bonchev–Trinajstić information content (AvgIpc) is 3.38. The van der Waals surface area contributed by atoms with Gasteiger partial charge in [-0.15, -0.1) is 11.3 Å². The van der Waals surface area contributed by atoms with E-state index < -0.39 is 0 Å². The second-order valence-electron chi connectivity index (χ2n) is 8.06. The summed E-state index contributed by atoms with van der Waals surface area (Å²) in [5.74, 6) is 1.08. The maximum Gasteiger partial charge on any atom is 0.409 e. The number of hydrogen-bond donors (Lipinski definition) is 0. The van der Waals surface area contributed by atoms with Crippen LogP contribution in [0.25, 0.3) is 0 Å². The van der Waals surface area contributed by atoms with Crippen LogP contribution >= 0.6 is 23.6 Å². The SMILES string of the molecule is CCOC(=O)N1CCN(Cn2nc(Cc3cccs3)n(C3CCCCC3)c2=S)CC1. The van der Waals surface area contributed by atoms with Crippen molar-refractivity contribution in [2.24, 2.45) is 0 Å². The van der Waals surface area contributed by atoms with E-state index in [1.807, 2.05) is 11.6 Å². The number of carbonyl (C=O) groups is 1. The van der Waals surface area contributed by atoms with Crippen LogP contribution < -0.4 is 0 Å². The third-order valence-corrected chi connectivity index (χ3v) is 7.31. The lowest BCUT2D eigenvalue weighted by Gasteiger charge is -2.33. The predicted molar refractivity (Wildman–Crippen MR) is 120 cm³/mol. The Morgan fingerprint density at radius 1 is 1.23 bits per heavy atom. The molecular weight excluding hydrogens is 418 g/mol. The van der Waals surface area contributed by atoms with E-state index in [2.05, 4.69) is 27.0 Å². The Balaban J connectivity index is 1.48. The topological polar surface area (TPSA) is 55.5 Å². The minimum absolute atomic E-state index is 0.214. The summed E-state index contributed by atoms with van der Waals surface area (Å²) in [6.07, 6.45) is 6.86. The van der Waals surface area contributed by atoms with Gasteiger partial charge in [0.05, 0.1) is 13.3 Å². The Labute approximate surface area is 187 Å². The maximum atomic E-state index is 11.9. The first kappa shape index (κ1) is 21.5. The van der Waals surface area contributed by atoms with Gasteiger partial charge in [-0.25, -0.2) is 9.48 Å². The van der Waals surface area contributed by atoms with E-state index in [0.29, 0.717) is 32.4 Å². The molecule has 4 rings (SSSR count). The fourth-order valence-electron chi connectivity index (χ4n) is 4.43. The number of ether oxygens (including phenoxy) is 1. The van der Waals surface area contributed by atoms with E-state index >= 15 is 0 Å². The van der Waals surface area contributed by atoms with Crippen LogP contribution in [0.15, 0.2) is 17.5 Å². The van der Waals surface area contributed by atoms with Crippen molar-refractivity contribution in [2.45, 2.75) is 58.2 Å². The van der Waals surface area contributed by atoms with Gasteiger partial charge in [-0.05, 0) is 43.4 Å². The van der Waals surface area contributed by atoms with Crippen molar-refractivity contribution in [1.82, 2.24) is 24.1 Å². The molecule has 1 aliphatic heterocycles. The molecule has 0 unspecified atom stereocenters. The van der Waals surface area contributed by atoms with Gasteiger partial charge in [-0.3, -0.25) is 4.90 Å². The number of thiophene rings is 1. The summed E-state index contributed by atoms with van der Waals surface area (Å²) in [5.41, 5.74) is 0. The molecule has 2 aliphatic rings. The summed E-state index contributed by atoms with van der Waals surface area (Å²) in [6, 6.07) is 4.74. The van der Waals surface area contributed by atoms with Gasteiger partial charge in [0, 0.05) is 43.5 Å². The Hall–Kier alpha value is -1.71. The molecule has 1 amide bonds. The molecule has 1 saturated heterocycles. The summed E-state index contributed by atoms with van der Waals surface area (Å²) in [4.78, 5) is 17.4. The van der Waals surface area contributed by atoms with E-state index in [9.17, 15) is 4.79 Å². The normalized spacial score (nSPS) is 18.6. The highest BCUT2D eigenvalue weighted by Crippen LogP contribution is 2.30. The predicted octanol–water partition coefficient (Wildman–Crippen LogP) is 4.30. The number of aromatic nitrogens is 3. The van der Waals surface area contributed by atoms with Crippen LogP contribution in [-0.2, 0) is 17.8 Å². The second kappa shape index (κ2) is 10.1. The van der Waals surface area contributed by atoms with Gasteiger partial charge in [-0.2, -0.15) is 5.10 Å². The summed E-state index contributed by atoms with van der Waals surface area (Å²) >= 11 is 7.69. The van der Waals surface area contributed by atoms with E-state index in [4.69, 9.17) is 22.1 Å². The number of amides is 1. The molecule has 0 N–H and O–H groups in total. The Morgan fingerprint density at radius 3 is 2.67 bits per heavy atom. The highest BCUT2D eigenvalue weighted by atomic mass is 32.1. The number of nitrogens with zero attached hydrogens (tertiary/aromatic N) is 5. The fourth-order valence-corrected chi connectivity index (χ4v) is 5.48. The summed E-state index contributed by atoms with van der Waals surface area (Å²) in [7, 11) is 0. The lowest BCUT2D eigenvalue weighted by atomic mass is 9.95. The van der Waals surface area contributed by atoms with Gasteiger partial charge in [0.15, 0.2) is 4.77 Å². The van der Waals surface area contributed by atoms with Crippen molar-refractivity contribution >= 4 is 29.6 Å². The molecule has 0 bridgehead atoms. The van der Waals surface area contributed by atoms with E-state index in [0.717, 1.165) is 30.1 Å². The maximum absolute atomic E-state index is 11.9. The number of rotatable bonds is 6. The summed E-state index contributed by atoms with van der Waals surface area (Å²) < 4.78 is 10.3. The molecular formula is C21H31N5O2S2. The minimum atomic E-state index is -0.214. The molecule has 30 heavy (non-hydrogen) atoms. The monoisotopic (exact) mass is 449 g/mol. The van der Waals surface area contributed by atoms with Gasteiger partial charge in [-0.1, -0.05) is 25.3 Å². The van der Waals surface area contributed by atoms with Crippen LogP contribution in [0, 0.1) is 4.77 Å². The largest absolute Gasteiger partial charge is 0.450 e. The number of hydrogen-bond acceptors (Lipinski definition) is 6. The zero-order chi connectivity index (χ0) is 20.9. The van der Waals surface area contributed by atoms with Crippen molar-refractivity contribution in [3.63, 3.8) is 0 Å². The molecule has 2 fully saturated rings. The van der Waals surface area contributed by atoms with Crippen molar-refractivity contribution in [3.05, 3.63) is 33.0 Å². The van der Waals surface area contributed by atoms with Crippen molar-refractivity contribution in [1.29, 1.82) is 0 Å². The standard InChI is InChI=1S/C21H31N5O2S2/c1-2-28-21(27)24-12-10-23(11-13-24)16-25-20(29)26(17-7-4-3-5-8-17)19(22-25)15-18-9-6-14-30-18/h6,9,14,17H,2-5,7-8,10-13,15-16H2,1H3. The van der Waals surface area contributed by atoms with E-state index in [1.54, 1.807) is 16.2 Å². The number of carbonyl (C=O) groups excluding carboxylic acids is 1. The molecule has 0 spiro atoms. The van der Waals surface area contributed by atoms with Crippen LogP contribution in [0.2, 0.25) is 0 Å². The average molecular weight is 450 g/mol. The third-order valence-electron chi connectivity index (χ3n) is 6.03. The van der Waals surface area contributed by atoms with Crippen molar-refractivity contribution in [2.75, 3.05) is 32.8 Å². The molecule has 3 heterocycles. The molecule has 0 aromatic carbocycles. The van der Waals surface area contributed by atoms with Gasteiger partial charge in [0.25, 0.3) is 0 Å². The van der Waals surface area contributed by atoms with Crippen molar-refractivity contribution < 1.29 is 9.53 Å². The van der Waals surface area contributed by atoms with E-state index in [-0.39, 0.29) is 6.09 Å².